The Hall–Kier alpha value is -5.25. The lowest BCUT2D eigenvalue weighted by atomic mass is 9.91. The van der Waals surface area contributed by atoms with E-state index in [1.165, 1.54) is 44.8 Å². The molecule has 51 heavy (non-hydrogen) atoms. The van der Waals surface area contributed by atoms with Gasteiger partial charge in [0, 0.05) is 40.1 Å². The zero-order valence-electron chi connectivity index (χ0n) is 29.6. The van der Waals surface area contributed by atoms with Gasteiger partial charge in [0.1, 0.15) is 0 Å². The van der Waals surface area contributed by atoms with Crippen molar-refractivity contribution in [2.75, 3.05) is 16.3 Å². The molecule has 7 rings (SSSR count). The van der Waals surface area contributed by atoms with Gasteiger partial charge in [-0.25, -0.2) is 0 Å². The van der Waals surface area contributed by atoms with Gasteiger partial charge in [-0.05, 0) is 115 Å². The quantitative estimate of drug-likeness (QED) is 0.194. The zero-order valence-corrected chi connectivity index (χ0v) is 30.5. The Balaban J connectivity index is 1.43. The van der Waals surface area contributed by atoms with Crippen LogP contribution in [0.1, 0.15) is 61.8 Å². The van der Waals surface area contributed by atoms with Crippen molar-refractivity contribution in [3.8, 4) is 0 Å². The van der Waals surface area contributed by atoms with Crippen molar-refractivity contribution in [1.82, 2.24) is 0 Å². The van der Waals surface area contributed by atoms with Crippen molar-refractivity contribution in [2.24, 2.45) is 0 Å². The van der Waals surface area contributed by atoms with Crippen LogP contribution in [-0.4, -0.2) is 6.54 Å². The predicted molar refractivity (Wildman–Crippen MR) is 221 cm³/mol. The second-order valence-electron chi connectivity index (χ2n) is 13.4. The fourth-order valence-electron chi connectivity index (χ4n) is 7.21. The maximum atomic E-state index is 4.96. The molecule has 0 radical (unpaired) electrons. The number of hydrogen-bond donors (Lipinski definition) is 1. The van der Waals surface area contributed by atoms with Gasteiger partial charge < -0.3 is 9.80 Å². The van der Waals surface area contributed by atoms with Crippen molar-refractivity contribution in [1.29, 1.82) is 0 Å². The summed E-state index contributed by atoms with van der Waals surface area (Å²) in [5.41, 5.74) is 12.0. The minimum Gasteiger partial charge on any atom is -0.357 e. The van der Waals surface area contributed by atoms with Gasteiger partial charge in [-0.2, -0.15) is 0 Å². The fourth-order valence-corrected chi connectivity index (χ4v) is 7.52. The average molecular weight is 683 g/mol. The molecule has 0 fully saturated rings. The second kappa shape index (κ2) is 16.2. The minimum atomic E-state index is 0.00235. The number of hydrogen-bond acceptors (Lipinski definition) is 3. The van der Waals surface area contributed by atoms with E-state index in [0.29, 0.717) is 5.92 Å². The lowest BCUT2D eigenvalue weighted by molar-refractivity contribution is 0.772. The van der Waals surface area contributed by atoms with Crippen molar-refractivity contribution < 1.29 is 0 Å². The third-order valence-electron chi connectivity index (χ3n) is 10.1. The minimum absolute atomic E-state index is 0.00235. The molecule has 2 nitrogen and oxygen atoms in total. The van der Waals surface area contributed by atoms with Gasteiger partial charge in [0.05, 0.1) is 6.04 Å². The van der Waals surface area contributed by atoms with Crippen molar-refractivity contribution in [3.63, 3.8) is 0 Å². The third-order valence-corrected chi connectivity index (χ3v) is 10.5. The SMILES string of the molecule is CC1=C/C(c2ccccc2)=C\C(c2ccccc2)N(c2ccccc2)C/C=C\C(N(C2=CCCC=C2)c2ccc(S)c(C3C=CC=CC3)c2)=C1C. The van der Waals surface area contributed by atoms with Gasteiger partial charge in [-0.3, -0.25) is 0 Å². The predicted octanol–water partition coefficient (Wildman–Crippen LogP) is 12.7. The van der Waals surface area contributed by atoms with E-state index in [4.69, 9.17) is 12.6 Å². The summed E-state index contributed by atoms with van der Waals surface area (Å²) in [5, 5.41) is 0. The van der Waals surface area contributed by atoms with Gasteiger partial charge in [-0.15, -0.1) is 12.6 Å². The van der Waals surface area contributed by atoms with Crippen LogP contribution in [0.4, 0.5) is 11.4 Å². The van der Waals surface area contributed by atoms with Gasteiger partial charge in [-0.1, -0.05) is 127 Å². The van der Waals surface area contributed by atoms with E-state index < -0.39 is 0 Å². The third kappa shape index (κ3) is 7.90. The van der Waals surface area contributed by atoms with E-state index in [1.807, 2.05) is 0 Å². The van der Waals surface area contributed by atoms with E-state index in [2.05, 4.69) is 200 Å². The van der Waals surface area contributed by atoms with E-state index in [1.54, 1.807) is 0 Å². The van der Waals surface area contributed by atoms with Crippen LogP contribution >= 0.6 is 12.6 Å². The Kier molecular flexibility index (Phi) is 10.9. The molecule has 0 spiro atoms. The first-order chi connectivity index (χ1) is 25.1. The van der Waals surface area contributed by atoms with Gasteiger partial charge in [0.25, 0.3) is 0 Å². The summed E-state index contributed by atoms with van der Waals surface area (Å²) in [7, 11) is 0. The monoisotopic (exact) mass is 682 g/mol. The Labute approximate surface area is 310 Å². The van der Waals surface area contributed by atoms with Gasteiger partial charge in [0.2, 0.25) is 0 Å². The summed E-state index contributed by atoms with van der Waals surface area (Å²) in [6.45, 7) is 5.26. The van der Waals surface area contributed by atoms with Crippen molar-refractivity contribution in [3.05, 3.63) is 215 Å². The molecule has 1 aliphatic heterocycles. The lowest BCUT2D eigenvalue weighted by Gasteiger charge is -2.33. The first-order valence-electron chi connectivity index (χ1n) is 18.1. The molecular formula is C48H46N2S. The largest absolute Gasteiger partial charge is 0.357 e. The van der Waals surface area contributed by atoms with Crippen LogP contribution in [0.2, 0.25) is 0 Å². The maximum absolute atomic E-state index is 4.96. The molecule has 3 heteroatoms. The van der Waals surface area contributed by atoms with Crippen LogP contribution in [0.15, 0.2) is 203 Å². The number of rotatable bonds is 7. The molecule has 254 valence electrons. The molecule has 0 saturated carbocycles. The van der Waals surface area contributed by atoms with Crippen LogP contribution in [0, 0.1) is 0 Å². The highest BCUT2D eigenvalue weighted by atomic mass is 32.1. The number of benzene rings is 4. The maximum Gasteiger partial charge on any atom is 0.0739 e. The molecule has 3 aliphatic rings. The molecular weight excluding hydrogens is 637 g/mol. The molecule has 2 aliphatic carbocycles. The number of allylic oxidation sites excluding steroid dienone is 12. The molecule has 0 N–H and O–H groups in total. The summed E-state index contributed by atoms with van der Waals surface area (Å²) < 4.78 is 0. The van der Waals surface area contributed by atoms with Crippen LogP contribution in [0.25, 0.3) is 5.57 Å². The topological polar surface area (TPSA) is 6.48 Å². The number of anilines is 2. The van der Waals surface area contributed by atoms with E-state index in [9.17, 15) is 0 Å². The van der Waals surface area contributed by atoms with E-state index in [0.717, 1.165) is 42.1 Å². The Morgan fingerprint density at radius 2 is 1.49 bits per heavy atom. The highest BCUT2D eigenvalue weighted by Crippen LogP contribution is 2.39. The molecule has 4 aromatic carbocycles. The highest BCUT2D eigenvalue weighted by Gasteiger charge is 2.24. The molecule has 0 aromatic heterocycles. The number of nitrogens with zero attached hydrogens (tertiary/aromatic N) is 2. The van der Waals surface area contributed by atoms with Gasteiger partial charge >= 0.3 is 0 Å². The molecule has 1 heterocycles. The van der Waals surface area contributed by atoms with Crippen molar-refractivity contribution >= 4 is 29.6 Å². The molecule has 0 amide bonds. The van der Waals surface area contributed by atoms with Crippen molar-refractivity contribution in [2.45, 2.75) is 50.0 Å². The summed E-state index contributed by atoms with van der Waals surface area (Å²) in [5.74, 6) is 0.299. The normalized spacial score (nSPS) is 20.9. The molecule has 0 saturated heterocycles. The molecule has 2 unspecified atom stereocenters. The molecule has 2 atom stereocenters. The second-order valence-corrected chi connectivity index (χ2v) is 13.9. The first-order valence-corrected chi connectivity index (χ1v) is 18.5. The first kappa shape index (κ1) is 34.2. The number of para-hydroxylation sites is 1. The summed E-state index contributed by atoms with van der Waals surface area (Å²) in [6.07, 6.45) is 28.4. The molecule has 0 bridgehead atoms. The average Bonchev–Trinajstić information content (AvgIpc) is 3.21. The Morgan fingerprint density at radius 1 is 0.745 bits per heavy atom. The van der Waals surface area contributed by atoms with Crippen LogP contribution in [0.5, 0.6) is 0 Å². The fraction of sp³-hybridized carbons (Fsp3) is 0.167. The number of thiol groups is 1. The van der Waals surface area contributed by atoms with Gasteiger partial charge in [0.15, 0.2) is 0 Å². The smallest absolute Gasteiger partial charge is 0.0739 e. The van der Waals surface area contributed by atoms with Crippen LogP contribution < -0.4 is 9.80 Å². The molecule has 4 aromatic rings. The standard InChI is InChI=1S/C48H46N2S/c1-36-33-41(38-19-8-3-9-20-38)34-47(40-23-12-5-13-24-40)49(42-25-14-6-15-26-42)32-18-29-46(37(36)2)50(43-27-16-7-17-28-43)44-30-31-48(51)45(35-44)39-21-10-4-11-22-39/h3-6,8-16,18-21,23-31,33-35,39,47,51H,7,17,22,32H2,1-2H3/b29-18-,36-33?,41-34+,46-37?. The Bertz CT molecular complexity index is 2080. The van der Waals surface area contributed by atoms with Crippen LogP contribution in [0.3, 0.4) is 0 Å². The summed E-state index contributed by atoms with van der Waals surface area (Å²) in [6, 6.07) is 39.3. The van der Waals surface area contributed by atoms with E-state index >= 15 is 0 Å². The van der Waals surface area contributed by atoms with E-state index in [-0.39, 0.29) is 6.04 Å². The zero-order chi connectivity index (χ0) is 35.0. The summed E-state index contributed by atoms with van der Waals surface area (Å²) in [4.78, 5) is 6.00. The summed E-state index contributed by atoms with van der Waals surface area (Å²) >= 11 is 4.96. The highest BCUT2D eigenvalue weighted by molar-refractivity contribution is 7.80. The lowest BCUT2D eigenvalue weighted by Crippen LogP contribution is -2.28. The van der Waals surface area contributed by atoms with Crippen LogP contribution in [-0.2, 0) is 0 Å². The Morgan fingerprint density at radius 3 is 2.20 bits per heavy atom.